The summed E-state index contributed by atoms with van der Waals surface area (Å²) in [6.45, 7) is 4.80. The molecule has 0 saturated heterocycles. The van der Waals surface area contributed by atoms with E-state index in [4.69, 9.17) is 15.3 Å². The van der Waals surface area contributed by atoms with E-state index in [-0.39, 0.29) is 19.3 Å². The summed E-state index contributed by atoms with van der Waals surface area (Å²) < 4.78 is 0. The number of carboxylic acid groups (broad SMARTS) is 3. The number of rotatable bonds is 3. The van der Waals surface area contributed by atoms with Gasteiger partial charge in [-0.1, -0.05) is 20.8 Å². The maximum Gasteiger partial charge on any atom is 0.303 e. The Morgan fingerprint density at radius 2 is 0.750 bits per heavy atom. The molecule has 0 spiro atoms. The normalized spacial score (nSPS) is 6.94. The van der Waals surface area contributed by atoms with E-state index < -0.39 is 17.9 Å². The molecular weight excluding hydrogens is 451 g/mol. The molecule has 0 bridgehead atoms. The van der Waals surface area contributed by atoms with Crippen LogP contribution >= 0.6 is 0 Å². The van der Waals surface area contributed by atoms with Crippen molar-refractivity contribution in [3.63, 3.8) is 0 Å². The molecule has 6 nitrogen and oxygen atoms in total. The minimum atomic E-state index is -0.745. The molecule has 16 heavy (non-hydrogen) atoms. The number of hydrogen-bond donors (Lipinski definition) is 3. The van der Waals surface area contributed by atoms with Gasteiger partial charge in [-0.2, -0.15) is 0 Å². The first kappa shape index (κ1) is 23.3. The smallest absolute Gasteiger partial charge is 0.303 e. The summed E-state index contributed by atoms with van der Waals surface area (Å²) >= 11 is 0. The molecule has 0 heterocycles. The predicted molar refractivity (Wildman–Crippen MR) is 53.8 cm³/mol. The van der Waals surface area contributed by atoms with E-state index in [0.717, 1.165) is 0 Å². The summed E-state index contributed by atoms with van der Waals surface area (Å²) in [5, 5.41) is 23.2. The molecule has 0 aromatic rings. The van der Waals surface area contributed by atoms with Crippen LogP contribution in [0.5, 0.6) is 0 Å². The molecule has 0 radical (unpaired) electrons. The van der Waals surface area contributed by atoms with Gasteiger partial charge in [0.05, 0.1) is 0 Å². The van der Waals surface area contributed by atoms with Crippen molar-refractivity contribution in [2.75, 3.05) is 0 Å². The molecular formula is C9H18CmO6. The zero-order valence-electron chi connectivity index (χ0n) is 9.54. The van der Waals surface area contributed by atoms with Crippen molar-refractivity contribution < 1.29 is 29.7 Å². The molecule has 0 aliphatic heterocycles. The van der Waals surface area contributed by atoms with E-state index >= 15 is 0 Å². The molecule has 0 rings (SSSR count). The van der Waals surface area contributed by atoms with Crippen LogP contribution in [0.25, 0.3) is 0 Å². The van der Waals surface area contributed by atoms with Gasteiger partial charge in [0, 0.05) is 19.3 Å². The van der Waals surface area contributed by atoms with Gasteiger partial charge in [-0.15, -0.1) is 0 Å². The Kier molecular flexibility index (Phi) is 26.6. The van der Waals surface area contributed by atoms with Crippen LogP contribution in [0.2, 0.25) is 0 Å². The number of aliphatic carboxylic acids is 3. The van der Waals surface area contributed by atoms with Gasteiger partial charge in [-0.3, -0.25) is 14.4 Å². The molecule has 0 aliphatic rings. The Bertz CT molecular complexity index is 159. The third-order valence-corrected chi connectivity index (χ3v) is 0.907. The molecule has 98 valence electrons. The van der Waals surface area contributed by atoms with Gasteiger partial charge in [0.15, 0.2) is 0 Å². The molecule has 0 amide bonds. The van der Waals surface area contributed by atoms with Gasteiger partial charge < -0.3 is 15.3 Å². The van der Waals surface area contributed by atoms with E-state index in [1.54, 1.807) is 20.8 Å². The Balaban J connectivity index is -0.0000000655. The molecule has 0 saturated carbocycles. The zero-order chi connectivity index (χ0) is 12.9. The van der Waals surface area contributed by atoms with Crippen LogP contribution in [0.3, 0.4) is 0 Å². The van der Waals surface area contributed by atoms with Crippen LogP contribution in [-0.4, -0.2) is 33.2 Å². The van der Waals surface area contributed by atoms with Gasteiger partial charge in [0.25, 0.3) is 0 Å². The number of hydrogen-bond acceptors (Lipinski definition) is 3. The quantitative estimate of drug-likeness (QED) is 0.577. The Morgan fingerprint density at radius 3 is 0.750 bits per heavy atom. The summed E-state index contributed by atoms with van der Waals surface area (Å²) in [6.07, 6.45) is 0.667. The second kappa shape index (κ2) is 18.2. The van der Waals surface area contributed by atoms with Crippen molar-refractivity contribution in [3.8, 4) is 0 Å². The van der Waals surface area contributed by atoms with Crippen LogP contribution in [0.15, 0.2) is 0 Å². The van der Waals surface area contributed by atoms with E-state index in [2.05, 4.69) is 0 Å². The first-order valence-electron chi connectivity index (χ1n) is 4.47. The average molecular weight is 469 g/mol. The maximum absolute atomic E-state index is 9.37. The van der Waals surface area contributed by atoms with E-state index in [0.29, 0.717) is 0 Å². The Morgan fingerprint density at radius 1 is 0.688 bits per heavy atom. The summed E-state index contributed by atoms with van der Waals surface area (Å²) in [7, 11) is 0. The monoisotopic (exact) mass is 465 g/mol. The van der Waals surface area contributed by atoms with Gasteiger partial charge in [-0.25, -0.2) is 0 Å². The predicted octanol–water partition coefficient (Wildman–Crippen LogP) is 1.44. The Hall–Kier alpha value is -2.59. The molecule has 0 aliphatic carbocycles. The Labute approximate surface area is 88.5 Å². The second-order valence-corrected chi connectivity index (χ2v) is 2.24. The van der Waals surface area contributed by atoms with Crippen molar-refractivity contribution in [3.05, 3.63) is 0 Å². The van der Waals surface area contributed by atoms with Crippen molar-refractivity contribution in [2.45, 2.75) is 40.0 Å². The molecule has 0 fully saturated rings. The van der Waals surface area contributed by atoms with Crippen LogP contribution in [0.4, 0.5) is 0 Å². The van der Waals surface area contributed by atoms with Gasteiger partial charge in [0.2, 0.25) is 0 Å². The van der Waals surface area contributed by atoms with Crippen molar-refractivity contribution in [2.24, 2.45) is 0 Å². The largest absolute Gasteiger partial charge is 0.481 e. The standard InChI is InChI=1S/3C3H6O2.Cm/c3*1-2-3(4)5;/h3*2H2,1H3,(H,4,5);. The van der Waals surface area contributed by atoms with Crippen molar-refractivity contribution in [1.29, 1.82) is 0 Å². The van der Waals surface area contributed by atoms with Gasteiger partial charge in [0.1, 0.15) is 0 Å². The first-order chi connectivity index (χ1) is 6.81. The zero-order valence-corrected chi connectivity index (χ0v) is 12.5. The second-order valence-electron chi connectivity index (χ2n) is 2.24. The number of carbonyl (C=O) groups is 3. The minimum Gasteiger partial charge on any atom is -0.481 e. The van der Waals surface area contributed by atoms with Crippen LogP contribution in [0, 0.1) is 0 Å². The molecule has 7 heteroatoms. The van der Waals surface area contributed by atoms with Crippen LogP contribution in [-0.2, 0) is 14.4 Å². The van der Waals surface area contributed by atoms with E-state index in [1.807, 2.05) is 0 Å². The van der Waals surface area contributed by atoms with E-state index in [1.165, 1.54) is 0 Å². The van der Waals surface area contributed by atoms with Gasteiger partial charge >= 0.3 is 17.9 Å². The fraction of sp³-hybridized carbons (Fsp3) is 0.667. The third kappa shape index (κ3) is 106. The van der Waals surface area contributed by atoms with Gasteiger partial charge in [-0.05, 0) is 0 Å². The summed E-state index contributed by atoms with van der Waals surface area (Å²) in [6, 6.07) is 0. The molecule has 0 aromatic heterocycles. The molecule has 0 aromatic carbocycles. The number of carboxylic acids is 3. The van der Waals surface area contributed by atoms with Crippen LogP contribution in [0.1, 0.15) is 40.0 Å². The third-order valence-electron chi connectivity index (χ3n) is 0.907. The fourth-order valence-corrected chi connectivity index (χ4v) is 0. The molecule has 0 unspecified atom stereocenters. The topological polar surface area (TPSA) is 112 Å². The van der Waals surface area contributed by atoms with E-state index in [9.17, 15) is 14.4 Å². The van der Waals surface area contributed by atoms with Crippen molar-refractivity contribution >= 4 is 17.9 Å². The molecule has 0 atom stereocenters. The SMILES string of the molecule is CCC(=O)O.CCC(=O)O.CCC(=O)O.[Cm]. The summed E-state index contributed by atoms with van der Waals surface area (Å²) in [5.74, 6) is -2.24. The average Bonchev–Trinajstić information content (AvgIpc) is 2.19. The van der Waals surface area contributed by atoms with Crippen molar-refractivity contribution in [1.82, 2.24) is 0 Å². The molecule has 3 N–H and O–H groups in total. The summed E-state index contributed by atoms with van der Waals surface area (Å²) in [4.78, 5) is 28.1. The minimum absolute atomic E-state index is 0. The maximum atomic E-state index is 9.37. The van der Waals surface area contributed by atoms with Crippen LogP contribution < -0.4 is 0 Å². The first-order valence-corrected chi connectivity index (χ1v) is 4.47. The fourth-order valence-electron chi connectivity index (χ4n) is 0. The summed E-state index contributed by atoms with van der Waals surface area (Å²) in [5.41, 5.74) is 0.